The standard InChI is InChI=1S/C11H13NO2S/c1-2-10-11(14-7-13-10)5-8(1)9-6-15-4-3-12-9/h1-2,5,9,12H,3-4,6-7H2. The van der Waals surface area contributed by atoms with E-state index in [0.29, 0.717) is 12.8 Å². The highest BCUT2D eigenvalue weighted by Crippen LogP contribution is 2.35. The molecule has 0 aliphatic carbocycles. The zero-order valence-electron chi connectivity index (χ0n) is 8.36. The Labute approximate surface area is 93.1 Å². The summed E-state index contributed by atoms with van der Waals surface area (Å²) >= 11 is 2.00. The summed E-state index contributed by atoms with van der Waals surface area (Å²) in [5, 5.41) is 3.51. The summed E-state index contributed by atoms with van der Waals surface area (Å²) in [5.74, 6) is 4.09. The van der Waals surface area contributed by atoms with Gasteiger partial charge in [0.1, 0.15) is 0 Å². The highest BCUT2D eigenvalue weighted by Gasteiger charge is 2.19. The highest BCUT2D eigenvalue weighted by atomic mass is 32.2. The minimum Gasteiger partial charge on any atom is -0.454 e. The van der Waals surface area contributed by atoms with Crippen molar-refractivity contribution in [3.8, 4) is 11.5 Å². The predicted octanol–water partition coefficient (Wildman–Crippen LogP) is 1.79. The van der Waals surface area contributed by atoms with Gasteiger partial charge in [0.05, 0.1) is 0 Å². The van der Waals surface area contributed by atoms with E-state index in [1.165, 1.54) is 11.3 Å². The summed E-state index contributed by atoms with van der Waals surface area (Å²) < 4.78 is 10.7. The van der Waals surface area contributed by atoms with Gasteiger partial charge in [-0.15, -0.1) is 0 Å². The molecule has 0 bridgehead atoms. The number of ether oxygens (including phenoxy) is 2. The summed E-state index contributed by atoms with van der Waals surface area (Å²) in [6.45, 7) is 1.44. The normalized spacial score (nSPS) is 24.1. The monoisotopic (exact) mass is 223 g/mol. The summed E-state index contributed by atoms with van der Waals surface area (Å²) in [6, 6.07) is 6.67. The SMILES string of the molecule is c1cc2c(cc1C1CSCCN1)OCO2. The average Bonchev–Trinajstić information content (AvgIpc) is 2.77. The van der Waals surface area contributed by atoms with Crippen LogP contribution < -0.4 is 14.8 Å². The van der Waals surface area contributed by atoms with Crippen LogP contribution in [0.4, 0.5) is 0 Å². The zero-order chi connectivity index (χ0) is 10.1. The van der Waals surface area contributed by atoms with Crippen molar-refractivity contribution in [2.24, 2.45) is 0 Å². The molecule has 0 saturated carbocycles. The van der Waals surface area contributed by atoms with Crippen molar-refractivity contribution in [1.82, 2.24) is 5.32 Å². The third kappa shape index (κ3) is 1.79. The van der Waals surface area contributed by atoms with Crippen molar-refractivity contribution in [2.45, 2.75) is 6.04 Å². The van der Waals surface area contributed by atoms with Gasteiger partial charge in [-0.3, -0.25) is 0 Å². The largest absolute Gasteiger partial charge is 0.454 e. The Bertz CT molecular complexity index is 364. The van der Waals surface area contributed by atoms with E-state index in [1.54, 1.807) is 0 Å². The van der Waals surface area contributed by atoms with Gasteiger partial charge in [-0.2, -0.15) is 11.8 Å². The van der Waals surface area contributed by atoms with Crippen LogP contribution in [0.5, 0.6) is 11.5 Å². The molecular weight excluding hydrogens is 210 g/mol. The minimum absolute atomic E-state index is 0.353. The van der Waals surface area contributed by atoms with E-state index in [0.717, 1.165) is 23.8 Å². The second-order valence-corrected chi connectivity index (χ2v) is 4.84. The third-order valence-electron chi connectivity index (χ3n) is 2.72. The highest BCUT2D eigenvalue weighted by molar-refractivity contribution is 7.99. The van der Waals surface area contributed by atoms with Crippen molar-refractivity contribution >= 4 is 11.8 Å². The molecule has 2 aliphatic heterocycles. The molecule has 1 N–H and O–H groups in total. The Hall–Kier alpha value is -0.870. The van der Waals surface area contributed by atoms with E-state index < -0.39 is 0 Å². The molecule has 1 saturated heterocycles. The summed E-state index contributed by atoms with van der Waals surface area (Å²) in [6.07, 6.45) is 0. The maximum atomic E-state index is 5.37. The van der Waals surface area contributed by atoms with Gasteiger partial charge in [0.2, 0.25) is 6.79 Å². The van der Waals surface area contributed by atoms with Gasteiger partial charge in [-0.05, 0) is 17.7 Å². The number of thioether (sulfide) groups is 1. The maximum absolute atomic E-state index is 5.37. The lowest BCUT2D eigenvalue weighted by atomic mass is 10.1. The quantitative estimate of drug-likeness (QED) is 0.786. The molecular formula is C11H13NO2S. The smallest absolute Gasteiger partial charge is 0.231 e. The van der Waals surface area contributed by atoms with Gasteiger partial charge in [-0.25, -0.2) is 0 Å². The van der Waals surface area contributed by atoms with Crippen LogP contribution in [0.25, 0.3) is 0 Å². The Morgan fingerprint density at radius 1 is 1.27 bits per heavy atom. The Morgan fingerprint density at radius 3 is 3.07 bits per heavy atom. The topological polar surface area (TPSA) is 30.5 Å². The van der Waals surface area contributed by atoms with Crippen LogP contribution in [0, 0.1) is 0 Å². The molecule has 1 aromatic carbocycles. The van der Waals surface area contributed by atoms with Crippen LogP contribution >= 0.6 is 11.8 Å². The van der Waals surface area contributed by atoms with Crippen LogP contribution in [0.15, 0.2) is 18.2 Å². The lowest BCUT2D eigenvalue weighted by Crippen LogP contribution is -2.30. The first-order valence-corrected chi connectivity index (χ1v) is 6.29. The molecule has 0 aromatic heterocycles. The second-order valence-electron chi connectivity index (χ2n) is 3.69. The number of rotatable bonds is 1. The first-order valence-electron chi connectivity index (χ1n) is 5.14. The molecule has 80 valence electrons. The zero-order valence-corrected chi connectivity index (χ0v) is 9.18. The second kappa shape index (κ2) is 3.94. The first kappa shape index (κ1) is 9.36. The number of fused-ring (bicyclic) bond motifs is 1. The Morgan fingerprint density at radius 2 is 2.20 bits per heavy atom. The van der Waals surface area contributed by atoms with E-state index in [1.807, 2.05) is 17.8 Å². The molecule has 1 unspecified atom stereocenters. The van der Waals surface area contributed by atoms with Gasteiger partial charge in [0.25, 0.3) is 0 Å². The fourth-order valence-electron chi connectivity index (χ4n) is 1.91. The van der Waals surface area contributed by atoms with Crippen molar-refractivity contribution in [3.05, 3.63) is 23.8 Å². The molecule has 1 aromatic rings. The molecule has 3 rings (SSSR count). The van der Waals surface area contributed by atoms with Gasteiger partial charge in [-0.1, -0.05) is 6.07 Å². The molecule has 0 spiro atoms. The summed E-state index contributed by atoms with van der Waals surface area (Å²) in [4.78, 5) is 0. The molecule has 2 heterocycles. The Kier molecular flexibility index (Phi) is 2.46. The van der Waals surface area contributed by atoms with Crippen LogP contribution in [0.3, 0.4) is 0 Å². The molecule has 2 aliphatic rings. The lowest BCUT2D eigenvalue weighted by molar-refractivity contribution is 0.174. The van der Waals surface area contributed by atoms with E-state index in [9.17, 15) is 0 Å². The molecule has 0 radical (unpaired) electrons. The average molecular weight is 223 g/mol. The van der Waals surface area contributed by atoms with Gasteiger partial charge >= 0.3 is 0 Å². The molecule has 0 amide bonds. The van der Waals surface area contributed by atoms with Crippen LogP contribution in [-0.2, 0) is 0 Å². The number of nitrogens with one attached hydrogen (secondary N) is 1. The molecule has 15 heavy (non-hydrogen) atoms. The lowest BCUT2D eigenvalue weighted by Gasteiger charge is -2.23. The summed E-state index contributed by atoms with van der Waals surface area (Å²) in [5.41, 5.74) is 1.30. The first-order chi connectivity index (χ1) is 7.43. The summed E-state index contributed by atoms with van der Waals surface area (Å²) in [7, 11) is 0. The van der Waals surface area contributed by atoms with Crippen molar-refractivity contribution < 1.29 is 9.47 Å². The predicted molar refractivity (Wildman–Crippen MR) is 60.6 cm³/mol. The van der Waals surface area contributed by atoms with E-state index in [4.69, 9.17) is 9.47 Å². The van der Waals surface area contributed by atoms with Crippen LogP contribution in [0.2, 0.25) is 0 Å². The number of hydrogen-bond donors (Lipinski definition) is 1. The molecule has 4 heteroatoms. The van der Waals surface area contributed by atoms with E-state index in [-0.39, 0.29) is 0 Å². The van der Waals surface area contributed by atoms with Crippen molar-refractivity contribution in [1.29, 1.82) is 0 Å². The maximum Gasteiger partial charge on any atom is 0.231 e. The third-order valence-corrected chi connectivity index (χ3v) is 3.78. The van der Waals surface area contributed by atoms with Gasteiger partial charge < -0.3 is 14.8 Å². The van der Waals surface area contributed by atoms with E-state index in [2.05, 4.69) is 17.4 Å². The molecule has 3 nitrogen and oxygen atoms in total. The Balaban J connectivity index is 1.85. The van der Waals surface area contributed by atoms with Crippen molar-refractivity contribution in [3.63, 3.8) is 0 Å². The number of hydrogen-bond acceptors (Lipinski definition) is 4. The van der Waals surface area contributed by atoms with Gasteiger partial charge in [0, 0.05) is 24.1 Å². The van der Waals surface area contributed by atoms with Crippen molar-refractivity contribution in [2.75, 3.05) is 24.8 Å². The van der Waals surface area contributed by atoms with Crippen LogP contribution in [0.1, 0.15) is 11.6 Å². The minimum atomic E-state index is 0.353. The van der Waals surface area contributed by atoms with Crippen LogP contribution in [-0.4, -0.2) is 24.8 Å². The van der Waals surface area contributed by atoms with Gasteiger partial charge in [0.15, 0.2) is 11.5 Å². The van der Waals surface area contributed by atoms with E-state index >= 15 is 0 Å². The number of benzene rings is 1. The fraction of sp³-hybridized carbons (Fsp3) is 0.455. The molecule has 1 atom stereocenters. The fourth-order valence-corrected chi connectivity index (χ4v) is 2.88. The molecule has 1 fully saturated rings.